The van der Waals surface area contributed by atoms with Gasteiger partial charge in [0, 0.05) is 5.69 Å². The van der Waals surface area contributed by atoms with Crippen molar-refractivity contribution in [2.24, 2.45) is 0 Å². The van der Waals surface area contributed by atoms with Crippen molar-refractivity contribution in [3.8, 4) is 0 Å². The van der Waals surface area contributed by atoms with E-state index in [0.717, 1.165) is 17.2 Å². The first-order valence-corrected chi connectivity index (χ1v) is 5.76. The predicted octanol–water partition coefficient (Wildman–Crippen LogP) is 3.55. The van der Waals surface area contributed by atoms with Crippen molar-refractivity contribution >= 4 is 23.3 Å². The Hall–Kier alpha value is -1.94. The molecule has 2 N–H and O–H groups in total. The van der Waals surface area contributed by atoms with Crippen LogP contribution in [-0.2, 0) is 6.54 Å². The molecule has 0 bridgehead atoms. The Morgan fingerprint density at radius 3 is 2.72 bits per heavy atom. The van der Waals surface area contributed by atoms with Crippen molar-refractivity contribution in [2.45, 2.75) is 13.5 Å². The van der Waals surface area contributed by atoms with Crippen LogP contribution in [0.15, 0.2) is 34.7 Å². The zero-order chi connectivity index (χ0) is 13.1. The summed E-state index contributed by atoms with van der Waals surface area (Å²) >= 11 is 5.87. The first kappa shape index (κ1) is 12.5. The minimum atomic E-state index is -1.03. The Balaban J connectivity index is 2.06. The summed E-state index contributed by atoms with van der Waals surface area (Å²) in [7, 11) is 0. The molecule has 0 aliphatic carbocycles. The maximum Gasteiger partial charge on any atom is 0.337 e. The average Bonchev–Trinajstić information content (AvgIpc) is 2.72. The van der Waals surface area contributed by atoms with Gasteiger partial charge in [0.05, 0.1) is 17.1 Å². The van der Waals surface area contributed by atoms with E-state index in [1.54, 1.807) is 12.1 Å². The van der Waals surface area contributed by atoms with Crippen LogP contribution in [0.4, 0.5) is 5.69 Å². The van der Waals surface area contributed by atoms with Gasteiger partial charge in [0.2, 0.25) is 0 Å². The molecular formula is C13H12ClNO3. The summed E-state index contributed by atoms with van der Waals surface area (Å²) in [6.45, 7) is 2.40. The van der Waals surface area contributed by atoms with Gasteiger partial charge in [0.1, 0.15) is 11.5 Å². The van der Waals surface area contributed by atoms with E-state index < -0.39 is 5.97 Å². The van der Waals surface area contributed by atoms with Crippen LogP contribution in [0, 0.1) is 6.92 Å². The second kappa shape index (κ2) is 5.14. The lowest BCUT2D eigenvalue weighted by Gasteiger charge is -2.06. The van der Waals surface area contributed by atoms with Crippen molar-refractivity contribution in [1.82, 2.24) is 0 Å². The molecular weight excluding hydrogens is 254 g/mol. The zero-order valence-corrected chi connectivity index (χ0v) is 10.5. The van der Waals surface area contributed by atoms with Gasteiger partial charge < -0.3 is 14.8 Å². The van der Waals surface area contributed by atoms with E-state index in [0.29, 0.717) is 6.54 Å². The molecule has 0 amide bonds. The number of carboxylic acid groups (broad SMARTS) is 1. The Morgan fingerprint density at radius 1 is 1.39 bits per heavy atom. The fourth-order valence-corrected chi connectivity index (χ4v) is 1.83. The molecule has 0 fully saturated rings. The lowest BCUT2D eigenvalue weighted by Crippen LogP contribution is -2.01. The lowest BCUT2D eigenvalue weighted by atomic mass is 10.2. The number of halogens is 1. The van der Waals surface area contributed by atoms with Crippen LogP contribution >= 0.6 is 11.6 Å². The lowest BCUT2D eigenvalue weighted by molar-refractivity contribution is 0.0697. The topological polar surface area (TPSA) is 62.5 Å². The first-order chi connectivity index (χ1) is 8.56. The van der Waals surface area contributed by atoms with Crippen molar-refractivity contribution in [1.29, 1.82) is 0 Å². The van der Waals surface area contributed by atoms with E-state index in [-0.39, 0.29) is 10.6 Å². The molecule has 2 aromatic rings. The van der Waals surface area contributed by atoms with Crippen molar-refractivity contribution in [2.75, 3.05) is 5.32 Å². The molecule has 0 atom stereocenters. The second-order valence-electron chi connectivity index (χ2n) is 3.87. The van der Waals surface area contributed by atoms with E-state index in [1.807, 2.05) is 19.1 Å². The van der Waals surface area contributed by atoms with E-state index >= 15 is 0 Å². The molecule has 5 heteroatoms. The summed E-state index contributed by atoms with van der Waals surface area (Å²) in [5.74, 6) is 0.630. The molecule has 0 spiro atoms. The summed E-state index contributed by atoms with van der Waals surface area (Å²) in [6, 6.07) is 8.50. The van der Waals surface area contributed by atoms with E-state index in [2.05, 4.69) is 5.32 Å². The van der Waals surface area contributed by atoms with Crippen LogP contribution in [0.1, 0.15) is 21.9 Å². The van der Waals surface area contributed by atoms with Gasteiger partial charge in [-0.25, -0.2) is 4.79 Å². The Kier molecular flexibility index (Phi) is 3.58. The number of nitrogens with one attached hydrogen (secondary N) is 1. The second-order valence-corrected chi connectivity index (χ2v) is 4.27. The number of benzene rings is 1. The summed E-state index contributed by atoms with van der Waals surface area (Å²) in [4.78, 5) is 10.8. The molecule has 18 heavy (non-hydrogen) atoms. The van der Waals surface area contributed by atoms with E-state index in [9.17, 15) is 4.79 Å². The minimum absolute atomic E-state index is 0.0936. The van der Waals surface area contributed by atoms with E-state index in [1.165, 1.54) is 6.07 Å². The number of aromatic carboxylic acids is 1. The third-order valence-corrected chi connectivity index (χ3v) is 2.77. The summed E-state index contributed by atoms with van der Waals surface area (Å²) in [5.41, 5.74) is 0.843. The number of hydrogen-bond donors (Lipinski definition) is 2. The predicted molar refractivity (Wildman–Crippen MR) is 69.2 cm³/mol. The van der Waals surface area contributed by atoms with Gasteiger partial charge in [0.25, 0.3) is 0 Å². The molecule has 0 aliphatic heterocycles. The fraction of sp³-hybridized carbons (Fsp3) is 0.154. The number of hydrogen-bond acceptors (Lipinski definition) is 3. The number of aryl methyl sites for hydroxylation is 1. The maximum absolute atomic E-state index is 10.8. The van der Waals surface area contributed by atoms with E-state index in [4.69, 9.17) is 21.1 Å². The highest BCUT2D eigenvalue weighted by Crippen LogP contribution is 2.21. The van der Waals surface area contributed by atoms with Gasteiger partial charge in [-0.3, -0.25) is 0 Å². The number of rotatable bonds is 4. The van der Waals surface area contributed by atoms with Crippen molar-refractivity contribution in [3.05, 3.63) is 52.4 Å². The zero-order valence-electron chi connectivity index (χ0n) is 9.74. The van der Waals surface area contributed by atoms with Crippen LogP contribution in [0.3, 0.4) is 0 Å². The molecule has 1 aromatic carbocycles. The highest BCUT2D eigenvalue weighted by molar-refractivity contribution is 6.33. The molecule has 94 valence electrons. The minimum Gasteiger partial charge on any atom is -0.478 e. The van der Waals surface area contributed by atoms with Crippen LogP contribution in [0.2, 0.25) is 5.02 Å². The van der Waals surface area contributed by atoms with Crippen molar-refractivity contribution < 1.29 is 14.3 Å². The Labute approximate surface area is 109 Å². The van der Waals surface area contributed by atoms with Gasteiger partial charge in [-0.05, 0) is 37.3 Å². The molecule has 2 rings (SSSR count). The normalized spacial score (nSPS) is 10.3. The smallest absolute Gasteiger partial charge is 0.337 e. The van der Waals surface area contributed by atoms with Gasteiger partial charge >= 0.3 is 5.97 Å². The van der Waals surface area contributed by atoms with Gasteiger partial charge in [0.15, 0.2) is 0 Å². The monoisotopic (exact) mass is 265 g/mol. The largest absolute Gasteiger partial charge is 0.478 e. The Bertz CT molecular complexity index is 577. The average molecular weight is 266 g/mol. The van der Waals surface area contributed by atoms with Gasteiger partial charge in [-0.1, -0.05) is 11.6 Å². The van der Waals surface area contributed by atoms with Gasteiger partial charge in [-0.15, -0.1) is 0 Å². The summed E-state index contributed by atoms with van der Waals surface area (Å²) < 4.78 is 5.41. The molecule has 1 heterocycles. The number of carbonyl (C=O) groups is 1. The molecule has 4 nitrogen and oxygen atoms in total. The van der Waals surface area contributed by atoms with Crippen LogP contribution in [-0.4, -0.2) is 11.1 Å². The fourth-order valence-electron chi connectivity index (χ4n) is 1.57. The number of anilines is 1. The summed E-state index contributed by atoms with van der Waals surface area (Å²) in [5, 5.41) is 12.2. The number of furan rings is 1. The maximum atomic E-state index is 10.8. The Morgan fingerprint density at radius 2 is 2.17 bits per heavy atom. The molecule has 1 aromatic heterocycles. The third kappa shape index (κ3) is 2.84. The molecule has 0 saturated heterocycles. The first-order valence-electron chi connectivity index (χ1n) is 5.38. The quantitative estimate of drug-likeness (QED) is 0.887. The SMILES string of the molecule is Cc1ccc(CNc2ccc(C(=O)O)c(Cl)c2)o1. The highest BCUT2D eigenvalue weighted by Gasteiger charge is 2.08. The molecule has 0 aliphatic rings. The molecule has 0 unspecified atom stereocenters. The molecule has 0 radical (unpaired) electrons. The molecule has 0 saturated carbocycles. The highest BCUT2D eigenvalue weighted by atomic mass is 35.5. The van der Waals surface area contributed by atoms with Crippen LogP contribution < -0.4 is 5.32 Å². The summed E-state index contributed by atoms with van der Waals surface area (Å²) in [6.07, 6.45) is 0. The van der Waals surface area contributed by atoms with Gasteiger partial charge in [-0.2, -0.15) is 0 Å². The standard InChI is InChI=1S/C13H12ClNO3/c1-8-2-4-10(18-8)7-15-9-3-5-11(13(16)17)12(14)6-9/h2-6,15H,7H2,1H3,(H,16,17). The number of carboxylic acids is 1. The van der Waals surface area contributed by atoms with Crippen molar-refractivity contribution in [3.63, 3.8) is 0 Å². The third-order valence-electron chi connectivity index (χ3n) is 2.46. The van der Waals surface area contributed by atoms with Crippen LogP contribution in [0.25, 0.3) is 0 Å². The van der Waals surface area contributed by atoms with Crippen LogP contribution in [0.5, 0.6) is 0 Å².